The second kappa shape index (κ2) is 10.2. The molecule has 1 heterocycles. The van der Waals surface area contributed by atoms with E-state index in [1.165, 1.54) is 4.90 Å². The Kier molecular flexibility index (Phi) is 7.97. The molecular weight excluding hydrogens is 354 g/mol. The summed E-state index contributed by atoms with van der Waals surface area (Å²) in [6.07, 6.45) is 17.4. The Balaban J connectivity index is 1.95. The van der Waals surface area contributed by atoms with Crippen molar-refractivity contribution < 1.29 is 19.1 Å². The first-order chi connectivity index (χ1) is 13.4. The SMILES string of the molecule is CCC(C)(C)C(=O)C(=O)N1CCCC[C@H]1C(=O)OC/C=C/C1=CCC=CC=C1. The third-order valence-electron chi connectivity index (χ3n) is 5.39. The molecule has 5 heteroatoms. The third kappa shape index (κ3) is 5.78. The molecule has 0 spiro atoms. The van der Waals surface area contributed by atoms with E-state index < -0.39 is 29.1 Å². The summed E-state index contributed by atoms with van der Waals surface area (Å²) in [6.45, 7) is 5.98. The van der Waals surface area contributed by atoms with Gasteiger partial charge in [-0.15, -0.1) is 0 Å². The summed E-state index contributed by atoms with van der Waals surface area (Å²) >= 11 is 0. The van der Waals surface area contributed by atoms with E-state index in [0.29, 0.717) is 19.4 Å². The molecule has 1 aliphatic carbocycles. The number of likely N-dealkylation sites (tertiary alicyclic amines) is 1. The van der Waals surface area contributed by atoms with Crippen LogP contribution >= 0.6 is 0 Å². The van der Waals surface area contributed by atoms with Gasteiger partial charge in [-0.3, -0.25) is 9.59 Å². The molecule has 0 radical (unpaired) electrons. The van der Waals surface area contributed by atoms with Gasteiger partial charge in [0.05, 0.1) is 0 Å². The number of nitrogens with zero attached hydrogens (tertiary/aromatic N) is 1. The fraction of sp³-hybridized carbons (Fsp3) is 0.522. The minimum Gasteiger partial charge on any atom is -0.460 e. The molecule has 0 aromatic rings. The summed E-state index contributed by atoms with van der Waals surface area (Å²) in [5.74, 6) is -1.44. The zero-order chi connectivity index (χ0) is 20.6. The summed E-state index contributed by atoms with van der Waals surface area (Å²) < 4.78 is 5.38. The number of Topliss-reactive ketones (excluding diaryl/α,β-unsaturated/α-hetero) is 1. The maximum atomic E-state index is 12.7. The highest BCUT2D eigenvalue weighted by Crippen LogP contribution is 2.25. The van der Waals surface area contributed by atoms with Crippen molar-refractivity contribution in [1.29, 1.82) is 0 Å². The highest BCUT2D eigenvalue weighted by Gasteiger charge is 2.40. The molecular formula is C23H31NO4. The largest absolute Gasteiger partial charge is 0.460 e. The predicted octanol–water partition coefficient (Wildman–Crippen LogP) is 3.91. The molecule has 28 heavy (non-hydrogen) atoms. The van der Waals surface area contributed by atoms with Gasteiger partial charge in [-0.1, -0.05) is 57.2 Å². The molecule has 0 bridgehead atoms. The van der Waals surface area contributed by atoms with Crippen molar-refractivity contribution in [3.63, 3.8) is 0 Å². The number of ether oxygens (including phenoxy) is 1. The Hall–Kier alpha value is -2.43. The van der Waals surface area contributed by atoms with Crippen LogP contribution in [0.4, 0.5) is 0 Å². The maximum absolute atomic E-state index is 12.7. The number of carbonyl (C=O) groups excluding carboxylic acids is 3. The standard InChI is InChI=1S/C23H31NO4/c1-4-23(2,3)20(25)21(26)24-16-10-9-15-19(24)22(27)28-17-11-14-18-12-7-5-6-8-13-18/h5-7,11-14,19H,4,8-10,15-17H2,1-3H3/b14-11+/t19-/m0/s1. The molecule has 152 valence electrons. The first-order valence-corrected chi connectivity index (χ1v) is 10.1. The highest BCUT2D eigenvalue weighted by atomic mass is 16.5. The van der Waals surface area contributed by atoms with Crippen LogP contribution in [-0.2, 0) is 19.1 Å². The van der Waals surface area contributed by atoms with Gasteiger partial charge in [0.2, 0.25) is 5.78 Å². The van der Waals surface area contributed by atoms with Crippen LogP contribution < -0.4 is 0 Å². The number of hydrogen-bond acceptors (Lipinski definition) is 4. The fourth-order valence-electron chi connectivity index (χ4n) is 3.13. The number of rotatable bonds is 7. The number of hydrogen-bond donors (Lipinski definition) is 0. The number of carbonyl (C=O) groups is 3. The Labute approximate surface area is 167 Å². The number of amides is 1. The zero-order valence-electron chi connectivity index (χ0n) is 17.1. The van der Waals surface area contributed by atoms with Gasteiger partial charge >= 0.3 is 5.97 Å². The predicted molar refractivity (Wildman–Crippen MR) is 110 cm³/mol. The molecule has 1 aliphatic heterocycles. The van der Waals surface area contributed by atoms with Gasteiger partial charge in [0.1, 0.15) is 12.6 Å². The van der Waals surface area contributed by atoms with E-state index in [0.717, 1.165) is 24.8 Å². The molecule has 2 aliphatic rings. The minimum atomic E-state index is -0.722. The first-order valence-electron chi connectivity index (χ1n) is 10.1. The van der Waals surface area contributed by atoms with E-state index in [-0.39, 0.29) is 6.61 Å². The lowest BCUT2D eigenvalue weighted by molar-refractivity contribution is -0.160. The molecule has 1 saturated heterocycles. The van der Waals surface area contributed by atoms with Crippen molar-refractivity contribution in [2.75, 3.05) is 13.2 Å². The smallest absolute Gasteiger partial charge is 0.329 e. The van der Waals surface area contributed by atoms with Crippen molar-refractivity contribution in [3.05, 3.63) is 48.1 Å². The van der Waals surface area contributed by atoms with Crippen molar-refractivity contribution in [2.45, 2.75) is 58.9 Å². The molecule has 0 saturated carbocycles. The lowest BCUT2D eigenvalue weighted by Crippen LogP contribution is -2.53. The number of esters is 1. The second-order valence-electron chi connectivity index (χ2n) is 7.84. The van der Waals surface area contributed by atoms with E-state index in [1.54, 1.807) is 19.9 Å². The van der Waals surface area contributed by atoms with Crippen LogP contribution in [0.3, 0.4) is 0 Å². The van der Waals surface area contributed by atoms with Crippen LogP contribution in [0.1, 0.15) is 52.9 Å². The van der Waals surface area contributed by atoms with Gasteiger partial charge in [0, 0.05) is 12.0 Å². The van der Waals surface area contributed by atoms with Crippen LogP contribution in [0.25, 0.3) is 0 Å². The molecule has 0 aromatic heterocycles. The van der Waals surface area contributed by atoms with Crippen LogP contribution in [0.5, 0.6) is 0 Å². The minimum absolute atomic E-state index is 0.143. The quantitative estimate of drug-likeness (QED) is 0.492. The summed E-state index contributed by atoms with van der Waals surface area (Å²) in [4.78, 5) is 39.3. The number of ketones is 1. The van der Waals surface area contributed by atoms with Gasteiger partial charge in [-0.05, 0) is 43.8 Å². The lowest BCUT2D eigenvalue weighted by Gasteiger charge is -2.35. The molecule has 0 aromatic carbocycles. The molecule has 0 unspecified atom stereocenters. The van der Waals surface area contributed by atoms with Crippen LogP contribution in [0.15, 0.2) is 48.1 Å². The van der Waals surface area contributed by atoms with Crippen LogP contribution in [-0.4, -0.2) is 41.8 Å². The monoisotopic (exact) mass is 385 g/mol. The van der Waals surface area contributed by atoms with E-state index in [9.17, 15) is 14.4 Å². The molecule has 2 rings (SSSR count). The third-order valence-corrected chi connectivity index (χ3v) is 5.39. The molecule has 1 fully saturated rings. The topological polar surface area (TPSA) is 63.7 Å². The van der Waals surface area contributed by atoms with E-state index in [4.69, 9.17) is 4.74 Å². The maximum Gasteiger partial charge on any atom is 0.329 e. The lowest BCUT2D eigenvalue weighted by atomic mass is 9.84. The van der Waals surface area contributed by atoms with Gasteiger partial charge in [0.25, 0.3) is 5.91 Å². The number of piperidine rings is 1. The second-order valence-corrected chi connectivity index (χ2v) is 7.84. The average molecular weight is 386 g/mol. The van der Waals surface area contributed by atoms with Gasteiger partial charge in [-0.25, -0.2) is 4.79 Å². The van der Waals surface area contributed by atoms with Gasteiger partial charge < -0.3 is 9.64 Å². The first kappa shape index (κ1) is 21.9. The molecule has 5 nitrogen and oxygen atoms in total. The summed E-state index contributed by atoms with van der Waals surface area (Å²) in [5, 5.41) is 0. The van der Waals surface area contributed by atoms with Crippen molar-refractivity contribution in [2.24, 2.45) is 5.41 Å². The Bertz CT molecular complexity index is 712. The zero-order valence-corrected chi connectivity index (χ0v) is 17.1. The molecule has 1 atom stereocenters. The van der Waals surface area contributed by atoms with E-state index in [1.807, 2.05) is 31.2 Å². The number of allylic oxidation sites excluding steroid dienone is 7. The summed E-state index contributed by atoms with van der Waals surface area (Å²) in [7, 11) is 0. The Morgan fingerprint density at radius 2 is 2.04 bits per heavy atom. The van der Waals surface area contributed by atoms with Crippen molar-refractivity contribution in [1.82, 2.24) is 4.90 Å². The van der Waals surface area contributed by atoms with E-state index >= 15 is 0 Å². The van der Waals surface area contributed by atoms with Crippen LogP contribution in [0.2, 0.25) is 0 Å². The molecule has 0 N–H and O–H groups in total. The van der Waals surface area contributed by atoms with E-state index in [2.05, 4.69) is 12.2 Å². The van der Waals surface area contributed by atoms with Crippen molar-refractivity contribution in [3.8, 4) is 0 Å². The van der Waals surface area contributed by atoms with Gasteiger partial charge in [0.15, 0.2) is 0 Å². The Morgan fingerprint density at radius 3 is 2.79 bits per heavy atom. The average Bonchev–Trinajstić information content (AvgIpc) is 2.98. The van der Waals surface area contributed by atoms with Gasteiger partial charge in [-0.2, -0.15) is 0 Å². The van der Waals surface area contributed by atoms with Crippen molar-refractivity contribution >= 4 is 17.7 Å². The highest BCUT2D eigenvalue weighted by molar-refractivity contribution is 6.38. The van der Waals surface area contributed by atoms with Crippen LogP contribution in [0, 0.1) is 5.41 Å². The Morgan fingerprint density at radius 1 is 1.25 bits per heavy atom. The summed E-state index contributed by atoms with van der Waals surface area (Å²) in [6, 6.07) is -0.674. The molecule has 1 amide bonds. The summed E-state index contributed by atoms with van der Waals surface area (Å²) in [5.41, 5.74) is 0.337. The normalized spacial score (nSPS) is 20.0. The fourth-order valence-corrected chi connectivity index (χ4v) is 3.13.